The fourth-order valence-electron chi connectivity index (χ4n) is 2.33. The maximum absolute atomic E-state index is 9.59. The van der Waals surface area contributed by atoms with Gasteiger partial charge in [0.15, 0.2) is 5.96 Å². The molecule has 1 aromatic heterocycles. The molecule has 0 radical (unpaired) electrons. The number of nitrogens with one attached hydrogen (secondary N) is 2. The molecule has 0 saturated carbocycles. The van der Waals surface area contributed by atoms with Crippen LogP contribution < -0.4 is 10.6 Å². The van der Waals surface area contributed by atoms with Gasteiger partial charge in [0, 0.05) is 25.2 Å². The van der Waals surface area contributed by atoms with Gasteiger partial charge in [0.05, 0.1) is 18.8 Å². The second-order valence-electron chi connectivity index (χ2n) is 5.37. The van der Waals surface area contributed by atoms with E-state index in [2.05, 4.69) is 20.6 Å². The molecule has 0 fully saturated rings. The number of benzene rings is 1. The third kappa shape index (κ3) is 6.45. The molecule has 1 aromatic carbocycles. The fraction of sp³-hybridized carbons (Fsp3) is 0.333. The summed E-state index contributed by atoms with van der Waals surface area (Å²) in [7, 11) is 1.73. The van der Waals surface area contributed by atoms with Gasteiger partial charge in [-0.25, -0.2) is 0 Å². The normalized spacial score (nSPS) is 12.2. The van der Waals surface area contributed by atoms with E-state index >= 15 is 0 Å². The number of aliphatic hydroxyl groups is 1. The van der Waals surface area contributed by atoms with Crippen molar-refractivity contribution in [3.63, 3.8) is 0 Å². The highest BCUT2D eigenvalue weighted by molar-refractivity contribution is 14.0. The Morgan fingerprint density at radius 3 is 2.50 bits per heavy atom. The Hall–Kier alpha value is -1.67. The molecule has 2 rings (SSSR count). The third-order valence-corrected chi connectivity index (χ3v) is 3.61. The lowest BCUT2D eigenvalue weighted by atomic mass is 10.0. The van der Waals surface area contributed by atoms with Gasteiger partial charge in [-0.05, 0) is 24.6 Å². The molecule has 0 spiro atoms. The average Bonchev–Trinajstić information content (AvgIpc) is 2.59. The molecule has 0 aliphatic heterocycles. The average molecular weight is 440 g/mol. The van der Waals surface area contributed by atoms with Gasteiger partial charge in [-0.3, -0.25) is 9.98 Å². The van der Waals surface area contributed by atoms with E-state index in [1.165, 1.54) is 0 Å². The lowest BCUT2D eigenvalue weighted by Crippen LogP contribution is -2.39. The van der Waals surface area contributed by atoms with Gasteiger partial charge in [0.1, 0.15) is 0 Å². The number of aromatic nitrogens is 1. The van der Waals surface area contributed by atoms with Gasteiger partial charge in [-0.15, -0.1) is 24.0 Å². The predicted octanol–water partition coefficient (Wildman–Crippen LogP) is 2.45. The van der Waals surface area contributed by atoms with Crippen LogP contribution in [0.4, 0.5) is 0 Å². The number of hydrogen-bond acceptors (Lipinski definition) is 3. The topological polar surface area (TPSA) is 69.5 Å². The Morgan fingerprint density at radius 2 is 1.88 bits per heavy atom. The zero-order valence-electron chi connectivity index (χ0n) is 14.1. The number of hydrogen-bond donors (Lipinski definition) is 3. The smallest absolute Gasteiger partial charge is 0.191 e. The molecule has 2 aromatic rings. The molecular formula is C18H25IN4O. The zero-order valence-corrected chi connectivity index (χ0v) is 16.4. The van der Waals surface area contributed by atoms with Crippen molar-refractivity contribution in [1.82, 2.24) is 15.6 Å². The highest BCUT2D eigenvalue weighted by Gasteiger charge is 2.10. The number of guanidine groups is 1. The molecule has 0 amide bonds. The quantitative estimate of drug-likeness (QED) is 0.367. The van der Waals surface area contributed by atoms with Crippen LogP contribution >= 0.6 is 24.0 Å². The maximum atomic E-state index is 9.59. The SMILES string of the molecule is CN=C(NCc1cccc(C)n1)NCC(CO)c1ccccc1.I. The first-order valence-electron chi connectivity index (χ1n) is 7.75. The standard InChI is InChI=1S/C18H24N4O.HI/c1-14-7-6-10-17(22-14)12-21-18(19-2)20-11-16(13-23)15-8-4-3-5-9-15;/h3-10,16,23H,11-13H2,1-2H3,(H2,19,20,21);1H. The van der Waals surface area contributed by atoms with Crippen LogP contribution in [0.25, 0.3) is 0 Å². The number of aliphatic hydroxyl groups excluding tert-OH is 1. The molecular weight excluding hydrogens is 415 g/mol. The van der Waals surface area contributed by atoms with Crippen molar-refractivity contribution in [2.45, 2.75) is 19.4 Å². The molecule has 3 N–H and O–H groups in total. The molecule has 0 aliphatic rings. The summed E-state index contributed by atoms with van der Waals surface area (Å²) in [5.74, 6) is 0.731. The summed E-state index contributed by atoms with van der Waals surface area (Å²) in [6.07, 6.45) is 0. The first-order valence-corrected chi connectivity index (χ1v) is 7.75. The minimum atomic E-state index is 0. The molecule has 24 heavy (non-hydrogen) atoms. The third-order valence-electron chi connectivity index (χ3n) is 3.61. The van der Waals surface area contributed by atoms with E-state index in [0.29, 0.717) is 19.0 Å². The van der Waals surface area contributed by atoms with Crippen molar-refractivity contribution >= 4 is 29.9 Å². The zero-order chi connectivity index (χ0) is 16.5. The number of halogens is 1. The number of aryl methyl sites for hydroxylation is 1. The first-order chi connectivity index (χ1) is 11.2. The van der Waals surface area contributed by atoms with Crippen LogP contribution in [-0.4, -0.2) is 36.2 Å². The van der Waals surface area contributed by atoms with E-state index in [1.807, 2.05) is 55.5 Å². The molecule has 1 heterocycles. The Morgan fingerprint density at radius 1 is 1.12 bits per heavy atom. The summed E-state index contributed by atoms with van der Waals surface area (Å²) in [6.45, 7) is 3.29. The molecule has 6 heteroatoms. The van der Waals surface area contributed by atoms with Crippen molar-refractivity contribution in [3.05, 3.63) is 65.5 Å². The summed E-state index contributed by atoms with van der Waals surface area (Å²) in [5, 5.41) is 16.1. The van der Waals surface area contributed by atoms with Crippen LogP contribution in [0.1, 0.15) is 22.9 Å². The largest absolute Gasteiger partial charge is 0.396 e. The highest BCUT2D eigenvalue weighted by Crippen LogP contribution is 2.13. The Kier molecular flexibility index (Phi) is 9.33. The molecule has 5 nitrogen and oxygen atoms in total. The second-order valence-corrected chi connectivity index (χ2v) is 5.37. The summed E-state index contributed by atoms with van der Waals surface area (Å²) < 4.78 is 0. The van der Waals surface area contributed by atoms with Gasteiger partial charge in [0.2, 0.25) is 0 Å². The summed E-state index contributed by atoms with van der Waals surface area (Å²) in [6, 6.07) is 15.9. The molecule has 0 aliphatic carbocycles. The first kappa shape index (κ1) is 20.4. The van der Waals surface area contributed by atoms with E-state index < -0.39 is 0 Å². The van der Waals surface area contributed by atoms with Gasteiger partial charge in [-0.2, -0.15) is 0 Å². The molecule has 1 unspecified atom stereocenters. The van der Waals surface area contributed by atoms with Crippen molar-refractivity contribution in [3.8, 4) is 0 Å². The molecule has 0 bridgehead atoms. The Bertz CT molecular complexity index is 634. The van der Waals surface area contributed by atoms with E-state index in [9.17, 15) is 5.11 Å². The van der Waals surface area contributed by atoms with Crippen LogP contribution in [0.5, 0.6) is 0 Å². The van der Waals surface area contributed by atoms with Crippen LogP contribution in [0.2, 0.25) is 0 Å². The summed E-state index contributed by atoms with van der Waals surface area (Å²) >= 11 is 0. The van der Waals surface area contributed by atoms with Gasteiger partial charge in [-0.1, -0.05) is 36.4 Å². The van der Waals surface area contributed by atoms with E-state index in [-0.39, 0.29) is 36.5 Å². The highest BCUT2D eigenvalue weighted by atomic mass is 127. The van der Waals surface area contributed by atoms with E-state index in [1.54, 1.807) is 7.05 Å². The Balaban J connectivity index is 0.00000288. The van der Waals surface area contributed by atoms with Crippen molar-refractivity contribution in [1.29, 1.82) is 0 Å². The molecule has 1 atom stereocenters. The van der Waals surface area contributed by atoms with Crippen molar-refractivity contribution < 1.29 is 5.11 Å². The van der Waals surface area contributed by atoms with Crippen LogP contribution in [0.3, 0.4) is 0 Å². The number of pyridine rings is 1. The van der Waals surface area contributed by atoms with Gasteiger partial charge < -0.3 is 15.7 Å². The van der Waals surface area contributed by atoms with Gasteiger partial charge >= 0.3 is 0 Å². The van der Waals surface area contributed by atoms with E-state index in [0.717, 1.165) is 17.0 Å². The maximum Gasteiger partial charge on any atom is 0.191 e. The van der Waals surface area contributed by atoms with Gasteiger partial charge in [0.25, 0.3) is 0 Å². The Labute approximate surface area is 160 Å². The monoisotopic (exact) mass is 440 g/mol. The molecule has 0 saturated heterocycles. The van der Waals surface area contributed by atoms with E-state index in [4.69, 9.17) is 0 Å². The van der Waals surface area contributed by atoms with Crippen LogP contribution in [0.15, 0.2) is 53.5 Å². The number of nitrogens with zero attached hydrogens (tertiary/aromatic N) is 2. The summed E-state index contributed by atoms with van der Waals surface area (Å²) in [5.41, 5.74) is 3.07. The number of rotatable bonds is 6. The lowest BCUT2D eigenvalue weighted by Gasteiger charge is -2.18. The minimum Gasteiger partial charge on any atom is -0.396 e. The second kappa shape index (κ2) is 11.0. The molecule has 130 valence electrons. The summed E-state index contributed by atoms with van der Waals surface area (Å²) in [4.78, 5) is 8.66. The van der Waals surface area contributed by atoms with Crippen molar-refractivity contribution in [2.75, 3.05) is 20.2 Å². The predicted molar refractivity (Wildman–Crippen MR) is 109 cm³/mol. The van der Waals surface area contributed by atoms with Crippen LogP contribution in [0, 0.1) is 6.92 Å². The van der Waals surface area contributed by atoms with Crippen molar-refractivity contribution in [2.24, 2.45) is 4.99 Å². The number of aliphatic imine (C=N–C) groups is 1. The lowest BCUT2D eigenvalue weighted by molar-refractivity contribution is 0.265. The minimum absolute atomic E-state index is 0. The van der Waals surface area contributed by atoms with Crippen LogP contribution in [-0.2, 0) is 6.54 Å². The fourth-order valence-corrected chi connectivity index (χ4v) is 2.33.